The Morgan fingerprint density at radius 3 is 2.79 bits per heavy atom. The summed E-state index contributed by atoms with van der Waals surface area (Å²) in [7, 11) is 1.81. The van der Waals surface area contributed by atoms with E-state index in [9.17, 15) is 4.79 Å². The van der Waals surface area contributed by atoms with Gasteiger partial charge < -0.3 is 9.32 Å². The predicted octanol–water partition coefficient (Wildman–Crippen LogP) is 2.56. The van der Waals surface area contributed by atoms with Gasteiger partial charge in [0.25, 0.3) is 5.91 Å². The molecule has 2 rings (SSSR count). The molecule has 0 aliphatic heterocycles. The fourth-order valence-corrected chi connectivity index (χ4v) is 1.77. The third kappa shape index (κ3) is 1.52. The Hall–Kier alpha value is -0.960. The van der Waals surface area contributed by atoms with Crippen molar-refractivity contribution in [1.82, 2.24) is 4.90 Å². The maximum atomic E-state index is 11.8. The molecule has 1 aromatic rings. The van der Waals surface area contributed by atoms with Crippen LogP contribution >= 0.6 is 11.6 Å². The highest BCUT2D eigenvalue weighted by atomic mass is 35.5. The van der Waals surface area contributed by atoms with Crippen LogP contribution in [0.4, 0.5) is 0 Å². The third-order valence-electron chi connectivity index (χ3n) is 2.79. The molecule has 1 aromatic heterocycles. The second-order valence-corrected chi connectivity index (χ2v) is 3.95. The Kier molecular flexibility index (Phi) is 2.50. The van der Waals surface area contributed by atoms with Crippen LogP contribution in [0.3, 0.4) is 0 Å². The Balaban J connectivity index is 2.11. The summed E-state index contributed by atoms with van der Waals surface area (Å²) in [5, 5.41) is 0.182. The van der Waals surface area contributed by atoms with Crippen LogP contribution in [-0.2, 0) is 0 Å². The minimum absolute atomic E-state index is 0.0477. The van der Waals surface area contributed by atoms with Crippen molar-refractivity contribution < 1.29 is 9.21 Å². The molecule has 1 fully saturated rings. The molecule has 0 radical (unpaired) electrons. The van der Waals surface area contributed by atoms with Gasteiger partial charge in [-0.05, 0) is 36.9 Å². The normalized spacial score (nSPS) is 16.4. The zero-order chi connectivity index (χ0) is 10.1. The Labute approximate surface area is 87.6 Å². The van der Waals surface area contributed by atoms with E-state index in [-0.39, 0.29) is 11.1 Å². The number of furan rings is 1. The van der Waals surface area contributed by atoms with Gasteiger partial charge in [-0.3, -0.25) is 4.79 Å². The third-order valence-corrected chi connectivity index (χ3v) is 3.08. The van der Waals surface area contributed by atoms with Gasteiger partial charge in [-0.1, -0.05) is 0 Å². The molecular formula is C10H12ClNO2. The van der Waals surface area contributed by atoms with Crippen LogP contribution in [0.1, 0.15) is 29.6 Å². The van der Waals surface area contributed by atoms with Gasteiger partial charge in [-0.15, -0.1) is 0 Å². The summed E-state index contributed by atoms with van der Waals surface area (Å²) in [5.74, 6) is -0.0477. The van der Waals surface area contributed by atoms with Crippen LogP contribution in [0.15, 0.2) is 16.7 Å². The molecule has 0 aromatic carbocycles. The Morgan fingerprint density at radius 2 is 2.36 bits per heavy atom. The average molecular weight is 214 g/mol. The number of amides is 1. The van der Waals surface area contributed by atoms with E-state index in [2.05, 4.69) is 0 Å². The molecule has 0 spiro atoms. The number of carbonyl (C=O) groups is 1. The molecule has 0 saturated heterocycles. The van der Waals surface area contributed by atoms with Crippen molar-refractivity contribution in [1.29, 1.82) is 0 Å². The molecule has 4 heteroatoms. The first-order valence-electron chi connectivity index (χ1n) is 4.70. The summed E-state index contributed by atoms with van der Waals surface area (Å²) in [6.45, 7) is 0. The monoisotopic (exact) mass is 213 g/mol. The molecule has 3 nitrogen and oxygen atoms in total. The first-order valence-corrected chi connectivity index (χ1v) is 5.08. The van der Waals surface area contributed by atoms with E-state index >= 15 is 0 Å². The van der Waals surface area contributed by atoms with Crippen molar-refractivity contribution in [3.63, 3.8) is 0 Å². The van der Waals surface area contributed by atoms with E-state index in [1.54, 1.807) is 11.0 Å². The minimum atomic E-state index is -0.0477. The topological polar surface area (TPSA) is 33.5 Å². The van der Waals surface area contributed by atoms with Crippen LogP contribution < -0.4 is 0 Å². The molecule has 0 atom stereocenters. The van der Waals surface area contributed by atoms with E-state index in [1.165, 1.54) is 12.7 Å². The molecule has 1 aliphatic carbocycles. The standard InChI is InChI=1S/C10H12ClNO2/c1-12(7-3-2-4-7)10(13)8-5-6-14-9(8)11/h5-7H,2-4H2,1H3. The first-order chi connectivity index (χ1) is 6.70. The zero-order valence-corrected chi connectivity index (χ0v) is 8.75. The van der Waals surface area contributed by atoms with Gasteiger partial charge in [0.2, 0.25) is 5.22 Å². The van der Waals surface area contributed by atoms with Crippen LogP contribution in [0, 0.1) is 0 Å². The summed E-state index contributed by atoms with van der Waals surface area (Å²) in [6.07, 6.45) is 4.83. The maximum Gasteiger partial charge on any atom is 0.258 e. The first kappa shape index (κ1) is 9.59. The van der Waals surface area contributed by atoms with Gasteiger partial charge in [0, 0.05) is 13.1 Å². The smallest absolute Gasteiger partial charge is 0.258 e. The fourth-order valence-electron chi connectivity index (χ4n) is 1.58. The molecule has 0 bridgehead atoms. The van der Waals surface area contributed by atoms with Crippen LogP contribution in [0.2, 0.25) is 5.22 Å². The van der Waals surface area contributed by atoms with Gasteiger partial charge in [0.15, 0.2) is 0 Å². The van der Waals surface area contributed by atoms with Crippen LogP contribution in [0.5, 0.6) is 0 Å². The summed E-state index contributed by atoms with van der Waals surface area (Å²) in [5.41, 5.74) is 0.459. The lowest BCUT2D eigenvalue weighted by atomic mass is 9.91. The number of carbonyl (C=O) groups excluding carboxylic acids is 1. The lowest BCUT2D eigenvalue weighted by molar-refractivity contribution is 0.0651. The summed E-state index contributed by atoms with van der Waals surface area (Å²) in [4.78, 5) is 13.6. The second-order valence-electron chi connectivity index (χ2n) is 3.61. The Morgan fingerprint density at radius 1 is 1.64 bits per heavy atom. The van der Waals surface area contributed by atoms with E-state index in [1.807, 2.05) is 7.05 Å². The molecular weight excluding hydrogens is 202 g/mol. The van der Waals surface area contributed by atoms with E-state index in [4.69, 9.17) is 16.0 Å². The van der Waals surface area contributed by atoms with Gasteiger partial charge >= 0.3 is 0 Å². The van der Waals surface area contributed by atoms with E-state index in [0.29, 0.717) is 11.6 Å². The minimum Gasteiger partial charge on any atom is -0.452 e. The highest BCUT2D eigenvalue weighted by Crippen LogP contribution is 2.26. The molecule has 1 amide bonds. The number of rotatable bonds is 2. The van der Waals surface area contributed by atoms with Crippen molar-refractivity contribution in [3.8, 4) is 0 Å². The lowest BCUT2D eigenvalue weighted by Crippen LogP contribution is -2.41. The highest BCUT2D eigenvalue weighted by Gasteiger charge is 2.27. The summed E-state index contributed by atoms with van der Waals surface area (Å²) in [6, 6.07) is 1.99. The van der Waals surface area contributed by atoms with Gasteiger partial charge in [0.1, 0.15) is 0 Å². The number of hydrogen-bond donors (Lipinski definition) is 0. The van der Waals surface area contributed by atoms with Crippen molar-refractivity contribution in [3.05, 3.63) is 23.1 Å². The zero-order valence-electron chi connectivity index (χ0n) is 8.00. The van der Waals surface area contributed by atoms with Crippen LogP contribution in [0.25, 0.3) is 0 Å². The Bertz CT molecular complexity index is 344. The summed E-state index contributed by atoms with van der Waals surface area (Å²) >= 11 is 5.73. The molecule has 76 valence electrons. The van der Waals surface area contributed by atoms with E-state index < -0.39 is 0 Å². The number of hydrogen-bond acceptors (Lipinski definition) is 2. The highest BCUT2D eigenvalue weighted by molar-refractivity contribution is 6.32. The fraction of sp³-hybridized carbons (Fsp3) is 0.500. The van der Waals surface area contributed by atoms with Crippen molar-refractivity contribution in [2.45, 2.75) is 25.3 Å². The predicted molar refractivity (Wildman–Crippen MR) is 53.5 cm³/mol. The molecule has 0 unspecified atom stereocenters. The van der Waals surface area contributed by atoms with Crippen molar-refractivity contribution in [2.75, 3.05) is 7.05 Å². The van der Waals surface area contributed by atoms with E-state index in [0.717, 1.165) is 12.8 Å². The van der Waals surface area contributed by atoms with Crippen molar-refractivity contribution >= 4 is 17.5 Å². The molecule has 1 heterocycles. The largest absolute Gasteiger partial charge is 0.452 e. The average Bonchev–Trinajstić information content (AvgIpc) is 2.47. The molecule has 1 saturated carbocycles. The van der Waals surface area contributed by atoms with Crippen LogP contribution in [-0.4, -0.2) is 23.9 Å². The van der Waals surface area contributed by atoms with Gasteiger partial charge in [-0.25, -0.2) is 0 Å². The second kappa shape index (κ2) is 3.65. The molecule has 1 aliphatic rings. The quantitative estimate of drug-likeness (QED) is 0.757. The number of nitrogens with zero attached hydrogens (tertiary/aromatic N) is 1. The lowest BCUT2D eigenvalue weighted by Gasteiger charge is -2.34. The van der Waals surface area contributed by atoms with Gasteiger partial charge in [0.05, 0.1) is 11.8 Å². The van der Waals surface area contributed by atoms with Crippen molar-refractivity contribution in [2.24, 2.45) is 0 Å². The maximum absolute atomic E-state index is 11.8. The molecule has 0 N–H and O–H groups in total. The number of halogens is 1. The molecule has 14 heavy (non-hydrogen) atoms. The summed E-state index contributed by atoms with van der Waals surface area (Å²) < 4.78 is 4.89. The van der Waals surface area contributed by atoms with Gasteiger partial charge in [-0.2, -0.15) is 0 Å². The SMILES string of the molecule is CN(C(=O)c1ccoc1Cl)C1CCC1.